The largest absolute Gasteiger partial charge is 0.457 e. The van der Waals surface area contributed by atoms with E-state index in [2.05, 4.69) is 4.98 Å². The molecule has 0 aliphatic heterocycles. The number of aromatic nitrogens is 2. The normalized spacial score (nSPS) is 10.7. The van der Waals surface area contributed by atoms with Crippen LogP contribution < -0.4 is 0 Å². The second kappa shape index (κ2) is 8.41. The molecule has 0 saturated heterocycles. The number of nitrogens with zero attached hydrogens (tertiary/aromatic N) is 2. The molecular weight excluding hydrogens is 384 g/mol. The zero-order chi connectivity index (χ0) is 19.4. The molecule has 0 bridgehead atoms. The predicted octanol–water partition coefficient (Wildman–Crippen LogP) is 4.00. The van der Waals surface area contributed by atoms with Crippen LogP contribution in [0.1, 0.15) is 44.3 Å². The average molecular weight is 402 g/mol. The third kappa shape index (κ3) is 4.40. The van der Waals surface area contributed by atoms with Crippen molar-refractivity contribution in [2.75, 3.05) is 6.61 Å². The smallest absolute Gasteiger partial charge is 0.306 e. The standard InChI is InChI=1S/C19H18N2O4S2/c1-12-10-14(13(2)21(12)19-20-7-9-27-19)16(23)11-25-18(24)6-5-15(22)17-4-3-8-26-17/h3-4,7-10H,5-6,11H2,1-2H3. The van der Waals surface area contributed by atoms with Gasteiger partial charge < -0.3 is 4.74 Å². The number of carbonyl (C=O) groups is 3. The van der Waals surface area contributed by atoms with Crippen LogP contribution in [-0.2, 0) is 9.53 Å². The fraction of sp³-hybridized carbons (Fsp3) is 0.263. The lowest BCUT2D eigenvalue weighted by Gasteiger charge is -2.06. The molecule has 0 radical (unpaired) electrons. The molecule has 27 heavy (non-hydrogen) atoms. The maximum Gasteiger partial charge on any atom is 0.306 e. The van der Waals surface area contributed by atoms with Gasteiger partial charge in [0.15, 0.2) is 17.5 Å². The number of thiazole rings is 1. The van der Waals surface area contributed by atoms with E-state index < -0.39 is 5.97 Å². The van der Waals surface area contributed by atoms with Crippen molar-refractivity contribution in [3.8, 4) is 5.13 Å². The topological polar surface area (TPSA) is 78.3 Å². The van der Waals surface area contributed by atoms with Crippen molar-refractivity contribution in [2.45, 2.75) is 26.7 Å². The summed E-state index contributed by atoms with van der Waals surface area (Å²) in [6.07, 6.45) is 1.74. The van der Waals surface area contributed by atoms with Crippen LogP contribution >= 0.6 is 22.7 Å². The highest BCUT2D eigenvalue weighted by Gasteiger charge is 2.19. The maximum absolute atomic E-state index is 12.5. The van der Waals surface area contributed by atoms with Crippen molar-refractivity contribution in [3.05, 3.63) is 57.0 Å². The van der Waals surface area contributed by atoms with Crippen molar-refractivity contribution in [2.24, 2.45) is 0 Å². The summed E-state index contributed by atoms with van der Waals surface area (Å²) in [6, 6.07) is 5.28. The lowest BCUT2D eigenvalue weighted by molar-refractivity contribution is -0.142. The molecule has 0 N–H and O–H groups in total. The maximum atomic E-state index is 12.5. The minimum Gasteiger partial charge on any atom is -0.457 e. The third-order valence-electron chi connectivity index (χ3n) is 4.06. The Morgan fingerprint density at radius 1 is 1.11 bits per heavy atom. The Kier molecular flexibility index (Phi) is 5.98. The number of aryl methyl sites for hydroxylation is 1. The fourth-order valence-electron chi connectivity index (χ4n) is 2.74. The van der Waals surface area contributed by atoms with Crippen molar-refractivity contribution < 1.29 is 19.1 Å². The predicted molar refractivity (Wildman–Crippen MR) is 104 cm³/mol. The number of carbonyl (C=O) groups excluding carboxylic acids is 3. The molecule has 0 aromatic carbocycles. The van der Waals surface area contributed by atoms with E-state index >= 15 is 0 Å². The van der Waals surface area contributed by atoms with E-state index in [1.54, 1.807) is 24.4 Å². The summed E-state index contributed by atoms with van der Waals surface area (Å²) in [5.74, 6) is -0.925. The van der Waals surface area contributed by atoms with E-state index in [1.807, 2.05) is 29.2 Å². The van der Waals surface area contributed by atoms with Gasteiger partial charge in [0, 0.05) is 34.9 Å². The second-order valence-electron chi connectivity index (χ2n) is 5.92. The zero-order valence-electron chi connectivity index (χ0n) is 14.9. The van der Waals surface area contributed by atoms with Gasteiger partial charge in [-0.1, -0.05) is 6.07 Å². The molecule has 3 aromatic heterocycles. The second-order valence-corrected chi connectivity index (χ2v) is 7.74. The summed E-state index contributed by atoms with van der Waals surface area (Å²) in [5.41, 5.74) is 2.15. The number of esters is 1. The van der Waals surface area contributed by atoms with Crippen LogP contribution in [0, 0.1) is 13.8 Å². The highest BCUT2D eigenvalue weighted by atomic mass is 32.1. The van der Waals surface area contributed by atoms with E-state index in [1.165, 1.54) is 22.7 Å². The number of rotatable bonds is 8. The molecule has 0 atom stereocenters. The first-order valence-corrected chi connectivity index (χ1v) is 10.1. The van der Waals surface area contributed by atoms with Gasteiger partial charge in [-0.25, -0.2) is 4.98 Å². The summed E-state index contributed by atoms with van der Waals surface area (Å²) in [6.45, 7) is 3.39. The van der Waals surface area contributed by atoms with Crippen LogP contribution in [0.15, 0.2) is 35.2 Å². The number of hydrogen-bond acceptors (Lipinski definition) is 7. The minimum atomic E-state index is -0.554. The number of Topliss-reactive ketones (excluding diaryl/α,β-unsaturated/α-hetero) is 2. The van der Waals surface area contributed by atoms with Gasteiger partial charge >= 0.3 is 5.97 Å². The fourth-order valence-corrected chi connectivity index (χ4v) is 4.18. The van der Waals surface area contributed by atoms with E-state index in [0.717, 1.165) is 16.5 Å². The molecular formula is C19H18N2O4S2. The lowest BCUT2D eigenvalue weighted by atomic mass is 10.1. The Morgan fingerprint density at radius 3 is 2.59 bits per heavy atom. The average Bonchev–Trinajstić information content (AvgIpc) is 3.39. The molecule has 3 heterocycles. The van der Waals surface area contributed by atoms with Crippen molar-refractivity contribution >= 4 is 40.2 Å². The zero-order valence-corrected chi connectivity index (χ0v) is 16.6. The third-order valence-corrected chi connectivity index (χ3v) is 5.73. The van der Waals surface area contributed by atoms with Gasteiger partial charge in [0.1, 0.15) is 0 Å². The van der Waals surface area contributed by atoms with E-state index in [-0.39, 0.29) is 31.0 Å². The Labute approximate surface area is 164 Å². The summed E-state index contributed by atoms with van der Waals surface area (Å²) in [7, 11) is 0. The lowest BCUT2D eigenvalue weighted by Crippen LogP contribution is -2.15. The van der Waals surface area contributed by atoms with Gasteiger partial charge in [0.05, 0.1) is 11.3 Å². The molecule has 3 aromatic rings. The Morgan fingerprint density at radius 2 is 1.93 bits per heavy atom. The van der Waals surface area contributed by atoms with Crippen LogP contribution in [0.5, 0.6) is 0 Å². The molecule has 0 aliphatic rings. The van der Waals surface area contributed by atoms with Crippen LogP contribution in [0.3, 0.4) is 0 Å². The summed E-state index contributed by atoms with van der Waals surface area (Å²) >= 11 is 2.82. The highest BCUT2D eigenvalue weighted by molar-refractivity contribution is 7.12. The number of ether oxygens (including phenoxy) is 1. The van der Waals surface area contributed by atoms with Crippen LogP contribution in [0.4, 0.5) is 0 Å². The molecule has 0 saturated carbocycles. The van der Waals surface area contributed by atoms with Gasteiger partial charge in [-0.3, -0.25) is 19.0 Å². The monoisotopic (exact) mass is 402 g/mol. The van der Waals surface area contributed by atoms with Gasteiger partial charge in [-0.05, 0) is 31.4 Å². The minimum absolute atomic E-state index is 0.0395. The van der Waals surface area contributed by atoms with Gasteiger partial charge in [-0.15, -0.1) is 22.7 Å². The highest BCUT2D eigenvalue weighted by Crippen LogP contribution is 2.22. The van der Waals surface area contributed by atoms with Crippen molar-refractivity contribution in [1.29, 1.82) is 0 Å². The molecule has 8 heteroatoms. The van der Waals surface area contributed by atoms with Gasteiger partial charge in [0.2, 0.25) is 5.78 Å². The molecule has 0 spiro atoms. The number of ketones is 2. The van der Waals surface area contributed by atoms with Crippen molar-refractivity contribution in [3.63, 3.8) is 0 Å². The van der Waals surface area contributed by atoms with Gasteiger partial charge in [-0.2, -0.15) is 0 Å². The first-order chi connectivity index (χ1) is 13.0. The van der Waals surface area contributed by atoms with Crippen LogP contribution in [0.25, 0.3) is 5.13 Å². The van der Waals surface area contributed by atoms with Crippen molar-refractivity contribution in [1.82, 2.24) is 9.55 Å². The molecule has 0 fully saturated rings. The molecule has 6 nitrogen and oxygen atoms in total. The molecule has 0 aliphatic carbocycles. The number of thiophene rings is 1. The molecule has 3 rings (SSSR count). The van der Waals surface area contributed by atoms with Gasteiger partial charge in [0.25, 0.3) is 0 Å². The van der Waals surface area contributed by atoms with E-state index in [0.29, 0.717) is 10.4 Å². The quantitative estimate of drug-likeness (QED) is 0.420. The van der Waals surface area contributed by atoms with E-state index in [9.17, 15) is 14.4 Å². The van der Waals surface area contributed by atoms with Crippen LogP contribution in [0.2, 0.25) is 0 Å². The summed E-state index contributed by atoms with van der Waals surface area (Å²) < 4.78 is 6.96. The first kappa shape index (κ1) is 19.2. The Hall–Kier alpha value is -2.58. The number of hydrogen-bond donors (Lipinski definition) is 0. The molecule has 140 valence electrons. The van der Waals surface area contributed by atoms with E-state index in [4.69, 9.17) is 4.74 Å². The Balaban J connectivity index is 1.56. The molecule has 0 amide bonds. The summed E-state index contributed by atoms with van der Waals surface area (Å²) in [5, 5.41) is 4.47. The molecule has 0 unspecified atom stereocenters. The summed E-state index contributed by atoms with van der Waals surface area (Å²) in [4.78, 5) is 41.1. The Bertz CT molecular complexity index is 956. The SMILES string of the molecule is Cc1cc(C(=O)COC(=O)CCC(=O)c2cccs2)c(C)n1-c1nccs1. The van der Waals surface area contributed by atoms with Crippen LogP contribution in [-0.4, -0.2) is 33.7 Å². The first-order valence-electron chi connectivity index (χ1n) is 8.31.